The fourth-order valence-corrected chi connectivity index (χ4v) is 2.23. The van der Waals surface area contributed by atoms with Gasteiger partial charge in [-0.15, -0.1) is 17.6 Å². The average Bonchev–Trinajstić information content (AvgIpc) is 3.43. The molecule has 0 amide bonds. The molecule has 4 aromatic rings. The molecule has 0 radical (unpaired) electrons. The van der Waals surface area contributed by atoms with Gasteiger partial charge >= 0.3 is 17.1 Å². The van der Waals surface area contributed by atoms with Gasteiger partial charge in [-0.1, -0.05) is 30.0 Å². The van der Waals surface area contributed by atoms with E-state index in [2.05, 4.69) is 23.7 Å². The number of hydrogen-bond acceptors (Lipinski definition) is 0. The van der Waals surface area contributed by atoms with Crippen molar-refractivity contribution in [1.82, 2.24) is 0 Å². The molecule has 1 heteroatoms. The Morgan fingerprint density at radius 3 is 1.52 bits per heavy atom. The Morgan fingerprint density at radius 1 is 0.481 bits per heavy atom. The van der Waals surface area contributed by atoms with Gasteiger partial charge in [0.25, 0.3) is 0 Å². The van der Waals surface area contributed by atoms with Crippen molar-refractivity contribution >= 4 is 0 Å². The normalized spacial score (nSPS) is 8.59. The third-order valence-corrected chi connectivity index (χ3v) is 3.58. The third-order valence-electron chi connectivity index (χ3n) is 3.58. The van der Waals surface area contributed by atoms with Crippen LogP contribution in [0.15, 0.2) is 109 Å². The Kier molecular flexibility index (Phi) is 8.49. The van der Waals surface area contributed by atoms with E-state index < -0.39 is 0 Å². The smallest absolute Gasteiger partial charge is 0.214 e. The molecule has 0 nitrogen and oxygen atoms in total. The van der Waals surface area contributed by atoms with Gasteiger partial charge in [-0.2, -0.15) is 42.3 Å². The van der Waals surface area contributed by atoms with Crippen molar-refractivity contribution in [3.05, 3.63) is 131 Å². The van der Waals surface area contributed by atoms with E-state index >= 15 is 0 Å². The molecule has 0 saturated heterocycles. The second-order valence-corrected chi connectivity index (χ2v) is 5.58. The van der Waals surface area contributed by atoms with Crippen molar-refractivity contribution in [2.45, 2.75) is 0 Å². The summed E-state index contributed by atoms with van der Waals surface area (Å²) in [6.07, 6.45) is 0. The molecule has 0 N–H and O–H groups in total. The van der Waals surface area contributed by atoms with Gasteiger partial charge in [0.15, 0.2) is 0 Å². The summed E-state index contributed by atoms with van der Waals surface area (Å²) in [5.41, 5.74) is 4.07. The van der Waals surface area contributed by atoms with Gasteiger partial charge in [0.2, 0.25) is 0 Å². The Labute approximate surface area is 172 Å². The fourth-order valence-electron chi connectivity index (χ4n) is 2.23. The SMILES string of the molecule is C(#Cc1ccc(C#Cc2ccc[cH-]2)cc1)c1ccccc1.[Fe+2].c1cc[cH-]c1. The maximum atomic E-state index is 3.16. The minimum Gasteiger partial charge on any atom is -0.214 e. The van der Waals surface area contributed by atoms with Gasteiger partial charge in [0, 0.05) is 16.7 Å². The van der Waals surface area contributed by atoms with E-state index in [1.165, 1.54) is 0 Å². The second-order valence-electron chi connectivity index (χ2n) is 5.58. The van der Waals surface area contributed by atoms with Gasteiger partial charge in [-0.05, 0) is 36.4 Å². The zero-order valence-corrected chi connectivity index (χ0v) is 15.9. The van der Waals surface area contributed by atoms with Crippen LogP contribution in [0.2, 0.25) is 0 Å². The Hall–Kier alpha value is -3.22. The molecule has 27 heavy (non-hydrogen) atoms. The molecule has 0 unspecified atom stereocenters. The first-order valence-electron chi connectivity index (χ1n) is 8.48. The van der Waals surface area contributed by atoms with Gasteiger partial charge in [0.1, 0.15) is 0 Å². The van der Waals surface area contributed by atoms with Crippen molar-refractivity contribution in [3.63, 3.8) is 0 Å². The summed E-state index contributed by atoms with van der Waals surface area (Å²) < 4.78 is 0. The molecule has 4 rings (SSSR count). The summed E-state index contributed by atoms with van der Waals surface area (Å²) in [5, 5.41) is 0. The molecule has 0 aromatic heterocycles. The fraction of sp³-hybridized carbons (Fsp3) is 0. The van der Waals surface area contributed by atoms with Crippen LogP contribution < -0.4 is 0 Å². The molecule has 0 spiro atoms. The Bertz CT molecular complexity index is 982. The van der Waals surface area contributed by atoms with Gasteiger partial charge in [0.05, 0.1) is 0 Å². The number of benzene rings is 2. The quantitative estimate of drug-likeness (QED) is 0.209. The van der Waals surface area contributed by atoms with Crippen molar-refractivity contribution in [1.29, 1.82) is 0 Å². The number of rotatable bonds is 0. The molecule has 130 valence electrons. The monoisotopic (exact) mass is 386 g/mol. The molecule has 0 aliphatic carbocycles. The van der Waals surface area contributed by atoms with Crippen LogP contribution in [0.4, 0.5) is 0 Å². The summed E-state index contributed by atoms with van der Waals surface area (Å²) in [5.74, 6) is 12.6. The van der Waals surface area contributed by atoms with Gasteiger partial charge in [-0.3, -0.25) is 0 Å². The molecular formula is C26H18Fe. The van der Waals surface area contributed by atoms with E-state index in [0.29, 0.717) is 0 Å². The van der Waals surface area contributed by atoms with Crippen LogP contribution in [0.1, 0.15) is 22.3 Å². The molecule has 4 aromatic carbocycles. The molecule has 0 bridgehead atoms. The standard InChI is InChI=1S/C21H13.C5H5.Fe/c1-2-6-18(7-3-1)10-12-20-14-16-21(17-15-20)13-11-19-8-4-5-9-19;1-2-4-5-3-1;/h1-9,14-17H;1-5H;/q2*-1;+2. The van der Waals surface area contributed by atoms with Crippen LogP contribution in [0.5, 0.6) is 0 Å². The molecule has 0 heterocycles. The summed E-state index contributed by atoms with van der Waals surface area (Å²) in [7, 11) is 0. The van der Waals surface area contributed by atoms with Crippen LogP contribution in [-0.2, 0) is 17.1 Å². The summed E-state index contributed by atoms with van der Waals surface area (Å²) in [4.78, 5) is 0. The van der Waals surface area contributed by atoms with Gasteiger partial charge < -0.3 is 0 Å². The van der Waals surface area contributed by atoms with Gasteiger partial charge in [-0.25, -0.2) is 12.1 Å². The number of hydrogen-bond donors (Lipinski definition) is 0. The second kappa shape index (κ2) is 11.4. The molecule has 0 atom stereocenters. The van der Waals surface area contributed by atoms with Crippen molar-refractivity contribution in [3.8, 4) is 23.7 Å². The van der Waals surface area contributed by atoms with E-state index in [-0.39, 0.29) is 17.1 Å². The average molecular weight is 386 g/mol. The molecule has 0 aliphatic heterocycles. The van der Waals surface area contributed by atoms with E-state index in [1.807, 2.05) is 109 Å². The van der Waals surface area contributed by atoms with Crippen LogP contribution in [0.3, 0.4) is 0 Å². The summed E-state index contributed by atoms with van der Waals surface area (Å²) >= 11 is 0. The first kappa shape index (κ1) is 20.1. The topological polar surface area (TPSA) is 0 Å². The summed E-state index contributed by atoms with van der Waals surface area (Å²) in [6, 6.07) is 36.0. The van der Waals surface area contributed by atoms with Crippen LogP contribution in [0.25, 0.3) is 0 Å². The van der Waals surface area contributed by atoms with E-state index in [0.717, 1.165) is 22.3 Å². The van der Waals surface area contributed by atoms with E-state index in [9.17, 15) is 0 Å². The maximum Gasteiger partial charge on any atom is 2.00 e. The van der Waals surface area contributed by atoms with E-state index in [1.54, 1.807) is 0 Å². The summed E-state index contributed by atoms with van der Waals surface area (Å²) in [6.45, 7) is 0. The minimum absolute atomic E-state index is 0. The molecule has 0 aliphatic rings. The van der Waals surface area contributed by atoms with Crippen molar-refractivity contribution in [2.75, 3.05) is 0 Å². The third kappa shape index (κ3) is 7.27. The zero-order valence-electron chi connectivity index (χ0n) is 14.7. The first-order chi connectivity index (χ1) is 12.9. The predicted molar refractivity (Wildman–Crippen MR) is 109 cm³/mol. The first-order valence-corrected chi connectivity index (χ1v) is 8.48. The predicted octanol–water partition coefficient (Wildman–Crippen LogP) is 5.61. The molecular weight excluding hydrogens is 368 g/mol. The van der Waals surface area contributed by atoms with Crippen LogP contribution in [0, 0.1) is 23.7 Å². The van der Waals surface area contributed by atoms with Crippen LogP contribution in [-0.4, -0.2) is 0 Å². The zero-order chi connectivity index (χ0) is 17.9. The largest absolute Gasteiger partial charge is 2.00 e. The maximum absolute atomic E-state index is 3.16. The van der Waals surface area contributed by atoms with E-state index in [4.69, 9.17) is 0 Å². The minimum atomic E-state index is 0. The van der Waals surface area contributed by atoms with Crippen LogP contribution >= 0.6 is 0 Å². The Morgan fingerprint density at radius 2 is 1.04 bits per heavy atom. The molecule has 0 saturated carbocycles. The van der Waals surface area contributed by atoms with Crippen molar-refractivity contribution < 1.29 is 17.1 Å². The van der Waals surface area contributed by atoms with Crippen molar-refractivity contribution in [2.24, 2.45) is 0 Å². The Balaban J connectivity index is 0.000000379. The molecule has 0 fully saturated rings.